The third-order valence-corrected chi connectivity index (χ3v) is 1.73. The number of nitrogens with zero attached hydrogens (tertiary/aromatic N) is 2. The molecule has 0 spiro atoms. The molecule has 1 aromatic rings. The summed E-state index contributed by atoms with van der Waals surface area (Å²) in [6.07, 6.45) is 1.57. The van der Waals surface area contributed by atoms with E-state index < -0.39 is 12.0 Å². The second-order valence-electron chi connectivity index (χ2n) is 2.98. The highest BCUT2D eigenvalue weighted by Gasteiger charge is 2.17. The Bertz CT molecular complexity index is 343. The van der Waals surface area contributed by atoms with Gasteiger partial charge in [0.15, 0.2) is 0 Å². The molecule has 1 aromatic heterocycles. The Kier molecular flexibility index (Phi) is 3.99. The van der Waals surface area contributed by atoms with Crippen molar-refractivity contribution in [3.8, 4) is 0 Å². The van der Waals surface area contributed by atoms with Crippen LogP contribution >= 0.6 is 0 Å². The second-order valence-corrected chi connectivity index (χ2v) is 2.98. The quantitative estimate of drug-likeness (QED) is 0.728. The Hall–Kier alpha value is -1.69. The Labute approximate surface area is 87.3 Å². The minimum Gasteiger partial charge on any atom is -0.480 e. The number of aromatic nitrogens is 2. The van der Waals surface area contributed by atoms with Crippen molar-refractivity contribution in [3.63, 3.8) is 0 Å². The average molecular weight is 211 g/mol. The Morgan fingerprint density at radius 2 is 2.47 bits per heavy atom. The number of carbonyl (C=O) groups is 1. The molecule has 82 valence electrons. The number of aryl methyl sites for hydroxylation is 1. The predicted octanol–water partition coefficient (Wildman–Crippen LogP) is 0.297. The van der Waals surface area contributed by atoms with E-state index in [9.17, 15) is 4.79 Å². The molecule has 15 heavy (non-hydrogen) atoms. The van der Waals surface area contributed by atoms with Crippen LogP contribution in [0.5, 0.6) is 0 Å². The van der Waals surface area contributed by atoms with Crippen molar-refractivity contribution in [1.82, 2.24) is 9.97 Å². The van der Waals surface area contributed by atoms with Gasteiger partial charge in [0.1, 0.15) is 17.7 Å². The van der Waals surface area contributed by atoms with E-state index in [0.29, 0.717) is 11.6 Å². The van der Waals surface area contributed by atoms with Gasteiger partial charge in [0.2, 0.25) is 0 Å². The standard InChI is InChI=1S/C9H13N3O3/c1-6-10-4-3-8(11-6)12-7(5-15-2)9(13)14/h3-4,7H,5H2,1-2H3,(H,13,14)(H,10,11,12). The fourth-order valence-electron chi connectivity index (χ4n) is 1.06. The molecular formula is C9H13N3O3. The number of carboxylic acid groups (broad SMARTS) is 1. The van der Waals surface area contributed by atoms with E-state index in [1.807, 2.05) is 0 Å². The van der Waals surface area contributed by atoms with Gasteiger partial charge >= 0.3 is 5.97 Å². The summed E-state index contributed by atoms with van der Waals surface area (Å²) in [5.74, 6) is 0.0848. The number of ether oxygens (including phenoxy) is 1. The van der Waals surface area contributed by atoms with Crippen molar-refractivity contribution in [2.24, 2.45) is 0 Å². The number of aliphatic carboxylic acids is 1. The van der Waals surface area contributed by atoms with E-state index in [4.69, 9.17) is 9.84 Å². The first-order valence-electron chi connectivity index (χ1n) is 4.41. The molecule has 1 atom stereocenters. The van der Waals surface area contributed by atoms with Gasteiger partial charge in [0.05, 0.1) is 6.61 Å². The largest absolute Gasteiger partial charge is 0.480 e. The Morgan fingerprint density at radius 1 is 1.73 bits per heavy atom. The molecule has 1 heterocycles. The molecule has 0 aromatic carbocycles. The lowest BCUT2D eigenvalue weighted by Crippen LogP contribution is -2.34. The summed E-state index contributed by atoms with van der Waals surface area (Å²) in [6.45, 7) is 1.82. The lowest BCUT2D eigenvalue weighted by atomic mass is 10.3. The molecule has 0 aliphatic heterocycles. The van der Waals surface area contributed by atoms with Crippen molar-refractivity contribution >= 4 is 11.8 Å². The van der Waals surface area contributed by atoms with Gasteiger partial charge in [-0.3, -0.25) is 0 Å². The van der Waals surface area contributed by atoms with Crippen molar-refractivity contribution in [2.75, 3.05) is 19.0 Å². The third kappa shape index (κ3) is 3.51. The van der Waals surface area contributed by atoms with Crippen LogP contribution in [-0.2, 0) is 9.53 Å². The van der Waals surface area contributed by atoms with Gasteiger partial charge in [-0.25, -0.2) is 14.8 Å². The van der Waals surface area contributed by atoms with Gasteiger partial charge < -0.3 is 15.2 Å². The van der Waals surface area contributed by atoms with Crippen molar-refractivity contribution < 1.29 is 14.6 Å². The van der Waals surface area contributed by atoms with Crippen LogP contribution in [0.3, 0.4) is 0 Å². The molecule has 0 saturated carbocycles. The number of methoxy groups -OCH3 is 1. The van der Waals surface area contributed by atoms with Gasteiger partial charge in [-0.15, -0.1) is 0 Å². The Morgan fingerprint density at radius 3 is 3.00 bits per heavy atom. The lowest BCUT2D eigenvalue weighted by molar-refractivity contribution is -0.139. The molecule has 0 saturated heterocycles. The summed E-state index contributed by atoms with van der Waals surface area (Å²) in [5, 5.41) is 11.6. The van der Waals surface area contributed by atoms with E-state index in [-0.39, 0.29) is 6.61 Å². The van der Waals surface area contributed by atoms with E-state index in [2.05, 4.69) is 15.3 Å². The van der Waals surface area contributed by atoms with Crippen LogP contribution in [0.1, 0.15) is 5.82 Å². The summed E-state index contributed by atoms with van der Waals surface area (Å²) in [6, 6.07) is 0.808. The SMILES string of the molecule is COCC(Nc1ccnc(C)n1)C(=O)O. The van der Waals surface area contributed by atoms with Crippen LogP contribution in [-0.4, -0.2) is 40.8 Å². The van der Waals surface area contributed by atoms with Gasteiger partial charge in [-0.1, -0.05) is 0 Å². The van der Waals surface area contributed by atoms with Gasteiger partial charge in [-0.2, -0.15) is 0 Å². The third-order valence-electron chi connectivity index (χ3n) is 1.73. The summed E-state index contributed by atoms with van der Waals surface area (Å²) in [7, 11) is 1.45. The lowest BCUT2D eigenvalue weighted by Gasteiger charge is -2.13. The number of anilines is 1. The number of hydrogen-bond acceptors (Lipinski definition) is 5. The van der Waals surface area contributed by atoms with E-state index in [1.165, 1.54) is 7.11 Å². The monoisotopic (exact) mass is 211 g/mol. The maximum Gasteiger partial charge on any atom is 0.328 e. The molecule has 0 bridgehead atoms. The number of nitrogens with one attached hydrogen (secondary N) is 1. The smallest absolute Gasteiger partial charge is 0.328 e. The maximum absolute atomic E-state index is 10.8. The maximum atomic E-state index is 10.8. The summed E-state index contributed by atoms with van der Waals surface area (Å²) in [4.78, 5) is 18.7. The zero-order valence-corrected chi connectivity index (χ0v) is 8.60. The number of hydrogen-bond donors (Lipinski definition) is 2. The topological polar surface area (TPSA) is 84.3 Å². The fourth-order valence-corrected chi connectivity index (χ4v) is 1.06. The van der Waals surface area contributed by atoms with Gasteiger partial charge in [-0.05, 0) is 13.0 Å². The highest BCUT2D eigenvalue weighted by molar-refractivity contribution is 5.76. The molecule has 6 heteroatoms. The zero-order chi connectivity index (χ0) is 11.3. The first-order chi connectivity index (χ1) is 7.13. The Balaban J connectivity index is 2.69. The first kappa shape index (κ1) is 11.4. The molecule has 1 rings (SSSR count). The van der Waals surface area contributed by atoms with Crippen molar-refractivity contribution in [1.29, 1.82) is 0 Å². The predicted molar refractivity (Wildman–Crippen MR) is 53.7 cm³/mol. The minimum absolute atomic E-state index is 0.0817. The van der Waals surface area contributed by atoms with Crippen LogP contribution in [0, 0.1) is 6.92 Å². The molecule has 0 radical (unpaired) electrons. The van der Waals surface area contributed by atoms with Gasteiger partial charge in [0, 0.05) is 13.3 Å². The average Bonchev–Trinajstić information content (AvgIpc) is 2.17. The van der Waals surface area contributed by atoms with Crippen LogP contribution in [0.4, 0.5) is 5.82 Å². The highest BCUT2D eigenvalue weighted by Crippen LogP contribution is 2.04. The molecule has 0 fully saturated rings. The minimum atomic E-state index is -0.979. The zero-order valence-electron chi connectivity index (χ0n) is 8.60. The molecule has 0 amide bonds. The van der Waals surface area contributed by atoms with Crippen LogP contribution < -0.4 is 5.32 Å². The van der Waals surface area contributed by atoms with Crippen LogP contribution in [0.2, 0.25) is 0 Å². The second kappa shape index (κ2) is 5.26. The summed E-state index contributed by atoms with van der Waals surface area (Å²) >= 11 is 0. The van der Waals surface area contributed by atoms with Crippen molar-refractivity contribution in [3.05, 3.63) is 18.1 Å². The van der Waals surface area contributed by atoms with E-state index in [1.54, 1.807) is 19.2 Å². The molecule has 0 aliphatic carbocycles. The van der Waals surface area contributed by atoms with Gasteiger partial charge in [0.25, 0.3) is 0 Å². The van der Waals surface area contributed by atoms with Crippen LogP contribution in [0.15, 0.2) is 12.3 Å². The highest BCUT2D eigenvalue weighted by atomic mass is 16.5. The normalized spacial score (nSPS) is 12.1. The molecule has 2 N–H and O–H groups in total. The van der Waals surface area contributed by atoms with Crippen molar-refractivity contribution in [2.45, 2.75) is 13.0 Å². The number of carboxylic acids is 1. The molecular weight excluding hydrogens is 198 g/mol. The number of rotatable bonds is 5. The van der Waals surface area contributed by atoms with Crippen LogP contribution in [0.25, 0.3) is 0 Å². The van der Waals surface area contributed by atoms with E-state index >= 15 is 0 Å². The van der Waals surface area contributed by atoms with E-state index in [0.717, 1.165) is 0 Å². The summed E-state index contributed by atoms with van der Waals surface area (Å²) < 4.78 is 4.78. The fraction of sp³-hybridized carbons (Fsp3) is 0.444. The first-order valence-corrected chi connectivity index (χ1v) is 4.41. The molecule has 0 aliphatic rings. The molecule has 6 nitrogen and oxygen atoms in total. The molecule has 1 unspecified atom stereocenters. The summed E-state index contributed by atoms with van der Waals surface area (Å²) in [5.41, 5.74) is 0.